The number of esters is 1. The molecular formula is C17H24O5. The van der Waals surface area contributed by atoms with Crippen molar-refractivity contribution in [3.8, 4) is 0 Å². The van der Waals surface area contributed by atoms with E-state index in [1.807, 2.05) is 0 Å². The minimum Gasteiger partial charge on any atom is -0.469 e. The van der Waals surface area contributed by atoms with Crippen LogP contribution in [0.1, 0.15) is 38.5 Å². The molecule has 6 unspecified atom stereocenters. The van der Waals surface area contributed by atoms with Crippen LogP contribution in [0.2, 0.25) is 0 Å². The molecule has 0 radical (unpaired) electrons. The number of hydrogen-bond acceptors (Lipinski definition) is 5. The number of hydrogen-bond donors (Lipinski definition) is 0. The molecule has 0 aromatic heterocycles. The fraction of sp³-hybridized carbons (Fsp3) is 0.765. The van der Waals surface area contributed by atoms with Crippen LogP contribution in [0.15, 0.2) is 0 Å². The molecule has 0 amide bonds. The highest BCUT2D eigenvalue weighted by atomic mass is 16.5. The zero-order chi connectivity index (χ0) is 16.1. The molecule has 5 heteroatoms. The van der Waals surface area contributed by atoms with Gasteiger partial charge in [-0.25, -0.2) is 0 Å². The SMILES string of the molecule is COC(=O)C1CC(C2CCC(C=O)C(C=O)C2)CCC1C=O. The van der Waals surface area contributed by atoms with Gasteiger partial charge in [0.05, 0.1) is 13.0 Å². The highest BCUT2D eigenvalue weighted by molar-refractivity contribution is 5.77. The molecule has 0 spiro atoms. The first-order valence-electron chi connectivity index (χ1n) is 8.08. The summed E-state index contributed by atoms with van der Waals surface area (Å²) >= 11 is 0. The van der Waals surface area contributed by atoms with Crippen molar-refractivity contribution < 1.29 is 23.9 Å². The van der Waals surface area contributed by atoms with Gasteiger partial charge in [-0.15, -0.1) is 0 Å². The Bertz CT molecular complexity index is 433. The maximum Gasteiger partial charge on any atom is 0.309 e. The van der Waals surface area contributed by atoms with E-state index in [9.17, 15) is 19.2 Å². The van der Waals surface area contributed by atoms with Gasteiger partial charge in [0, 0.05) is 17.8 Å². The van der Waals surface area contributed by atoms with Crippen molar-refractivity contribution in [1.82, 2.24) is 0 Å². The molecule has 5 nitrogen and oxygen atoms in total. The first kappa shape index (κ1) is 16.8. The van der Waals surface area contributed by atoms with Crippen molar-refractivity contribution in [1.29, 1.82) is 0 Å². The summed E-state index contributed by atoms with van der Waals surface area (Å²) in [6.07, 6.45) is 7.30. The van der Waals surface area contributed by atoms with Gasteiger partial charge in [-0.05, 0) is 50.4 Å². The molecule has 0 aromatic rings. The van der Waals surface area contributed by atoms with Crippen molar-refractivity contribution in [2.75, 3.05) is 7.11 Å². The second-order valence-electron chi connectivity index (χ2n) is 6.68. The average molecular weight is 308 g/mol. The van der Waals surface area contributed by atoms with E-state index in [-0.39, 0.29) is 29.6 Å². The largest absolute Gasteiger partial charge is 0.469 e. The van der Waals surface area contributed by atoms with Gasteiger partial charge in [-0.1, -0.05) is 0 Å². The van der Waals surface area contributed by atoms with E-state index in [2.05, 4.69) is 0 Å². The zero-order valence-corrected chi connectivity index (χ0v) is 13.0. The highest BCUT2D eigenvalue weighted by Gasteiger charge is 2.41. The van der Waals surface area contributed by atoms with E-state index in [1.54, 1.807) is 0 Å². The van der Waals surface area contributed by atoms with Crippen LogP contribution in [0.3, 0.4) is 0 Å². The van der Waals surface area contributed by atoms with Gasteiger partial charge < -0.3 is 19.1 Å². The number of rotatable bonds is 5. The summed E-state index contributed by atoms with van der Waals surface area (Å²) in [4.78, 5) is 45.3. The molecule has 22 heavy (non-hydrogen) atoms. The van der Waals surface area contributed by atoms with Gasteiger partial charge in [0.2, 0.25) is 0 Å². The Morgan fingerprint density at radius 2 is 1.36 bits per heavy atom. The fourth-order valence-corrected chi connectivity index (χ4v) is 4.26. The number of methoxy groups -OCH3 is 1. The Hall–Kier alpha value is -1.52. The summed E-state index contributed by atoms with van der Waals surface area (Å²) in [5, 5.41) is 0. The molecule has 0 saturated heterocycles. The van der Waals surface area contributed by atoms with Gasteiger partial charge >= 0.3 is 5.97 Å². The monoisotopic (exact) mass is 308 g/mol. The van der Waals surface area contributed by atoms with Gasteiger partial charge in [-0.3, -0.25) is 4.79 Å². The molecular weight excluding hydrogens is 284 g/mol. The lowest BCUT2D eigenvalue weighted by Crippen LogP contribution is -2.38. The van der Waals surface area contributed by atoms with E-state index in [0.717, 1.165) is 44.5 Å². The Balaban J connectivity index is 2.03. The lowest BCUT2D eigenvalue weighted by molar-refractivity contribution is -0.151. The molecule has 0 heterocycles. The maximum absolute atomic E-state index is 11.9. The van der Waals surface area contributed by atoms with Crippen molar-refractivity contribution in [3.05, 3.63) is 0 Å². The molecule has 0 N–H and O–H groups in total. The summed E-state index contributed by atoms with van der Waals surface area (Å²) in [6.45, 7) is 0. The van der Waals surface area contributed by atoms with Crippen molar-refractivity contribution in [2.45, 2.75) is 38.5 Å². The van der Waals surface area contributed by atoms with Gasteiger partial charge in [0.25, 0.3) is 0 Å². The highest BCUT2D eigenvalue weighted by Crippen LogP contribution is 2.44. The summed E-state index contributed by atoms with van der Waals surface area (Å²) < 4.78 is 4.83. The number of carbonyl (C=O) groups excluding carboxylic acids is 4. The summed E-state index contributed by atoms with van der Waals surface area (Å²) in [5.74, 6) is -0.596. The van der Waals surface area contributed by atoms with Gasteiger partial charge in [-0.2, -0.15) is 0 Å². The van der Waals surface area contributed by atoms with Crippen LogP contribution in [0.5, 0.6) is 0 Å². The molecule has 6 atom stereocenters. The maximum atomic E-state index is 11.9. The van der Waals surface area contributed by atoms with Crippen LogP contribution in [-0.4, -0.2) is 31.9 Å². The van der Waals surface area contributed by atoms with Crippen LogP contribution < -0.4 is 0 Å². The van der Waals surface area contributed by atoms with E-state index in [4.69, 9.17) is 4.74 Å². The topological polar surface area (TPSA) is 77.5 Å². The second kappa shape index (κ2) is 7.65. The van der Waals surface area contributed by atoms with Crippen molar-refractivity contribution >= 4 is 24.8 Å². The van der Waals surface area contributed by atoms with Crippen molar-refractivity contribution in [3.63, 3.8) is 0 Å². The lowest BCUT2D eigenvalue weighted by atomic mass is 9.64. The first-order valence-corrected chi connectivity index (χ1v) is 8.08. The van der Waals surface area contributed by atoms with Crippen LogP contribution in [0, 0.1) is 35.5 Å². The van der Waals surface area contributed by atoms with Crippen LogP contribution >= 0.6 is 0 Å². The molecule has 2 saturated carbocycles. The molecule has 2 aliphatic carbocycles. The molecule has 0 aliphatic heterocycles. The Kier molecular flexibility index (Phi) is 5.86. The summed E-state index contributed by atoms with van der Waals surface area (Å²) in [7, 11) is 1.35. The standard InChI is InChI=1S/C17H24O5/c1-22-17(21)16-7-12(3-5-14(16)9-19)11-2-4-13(8-18)15(6-11)10-20/h8-16H,2-7H2,1H3. The van der Waals surface area contributed by atoms with E-state index < -0.39 is 0 Å². The Labute approximate surface area is 130 Å². The summed E-state index contributed by atoms with van der Waals surface area (Å²) in [6, 6.07) is 0. The Morgan fingerprint density at radius 1 is 0.818 bits per heavy atom. The van der Waals surface area contributed by atoms with E-state index in [0.29, 0.717) is 24.7 Å². The smallest absolute Gasteiger partial charge is 0.309 e. The lowest BCUT2D eigenvalue weighted by Gasteiger charge is -2.40. The molecule has 2 rings (SSSR count). The molecule has 2 aliphatic rings. The van der Waals surface area contributed by atoms with Crippen LogP contribution in [0.4, 0.5) is 0 Å². The molecule has 2 fully saturated rings. The third kappa shape index (κ3) is 3.45. The first-order chi connectivity index (χ1) is 10.6. The molecule has 122 valence electrons. The van der Waals surface area contributed by atoms with Gasteiger partial charge in [0.15, 0.2) is 0 Å². The minimum atomic E-state index is -0.361. The number of aldehydes is 3. The third-order valence-corrected chi connectivity index (χ3v) is 5.63. The number of carbonyl (C=O) groups is 4. The van der Waals surface area contributed by atoms with Gasteiger partial charge in [0.1, 0.15) is 18.9 Å². The fourth-order valence-electron chi connectivity index (χ4n) is 4.26. The normalized spacial score (nSPS) is 38.8. The predicted molar refractivity (Wildman–Crippen MR) is 78.9 cm³/mol. The number of ether oxygens (including phenoxy) is 1. The molecule has 0 bridgehead atoms. The van der Waals surface area contributed by atoms with E-state index in [1.165, 1.54) is 7.11 Å². The average Bonchev–Trinajstić information content (AvgIpc) is 2.59. The Morgan fingerprint density at radius 3 is 1.91 bits per heavy atom. The quantitative estimate of drug-likeness (QED) is 0.572. The van der Waals surface area contributed by atoms with E-state index >= 15 is 0 Å². The molecule has 0 aromatic carbocycles. The zero-order valence-electron chi connectivity index (χ0n) is 13.0. The predicted octanol–water partition coefficient (Wildman–Crippen LogP) is 1.82. The third-order valence-electron chi connectivity index (χ3n) is 5.63. The van der Waals surface area contributed by atoms with Crippen molar-refractivity contribution in [2.24, 2.45) is 35.5 Å². The minimum absolute atomic E-state index is 0.156. The van der Waals surface area contributed by atoms with Crippen LogP contribution in [-0.2, 0) is 23.9 Å². The summed E-state index contributed by atoms with van der Waals surface area (Å²) in [5.41, 5.74) is 0. The van der Waals surface area contributed by atoms with Crippen LogP contribution in [0.25, 0.3) is 0 Å². The second-order valence-corrected chi connectivity index (χ2v) is 6.68.